The van der Waals surface area contributed by atoms with Gasteiger partial charge in [-0.25, -0.2) is 0 Å². The van der Waals surface area contributed by atoms with E-state index >= 15 is 0 Å². The molecule has 2 N–H and O–H groups in total. The minimum atomic E-state index is 0.140. The molecule has 0 amide bonds. The van der Waals surface area contributed by atoms with E-state index in [0.717, 1.165) is 24.2 Å². The molecule has 0 bridgehead atoms. The number of hydrogen-bond donors (Lipinski definition) is 1. The van der Waals surface area contributed by atoms with Crippen molar-refractivity contribution in [2.45, 2.75) is 45.8 Å². The highest BCUT2D eigenvalue weighted by atomic mass is 35.5. The maximum Gasteiger partial charge on any atom is 0.138 e. The highest BCUT2D eigenvalue weighted by molar-refractivity contribution is 6.32. The van der Waals surface area contributed by atoms with Crippen molar-refractivity contribution in [2.75, 3.05) is 0 Å². The van der Waals surface area contributed by atoms with Crippen LogP contribution in [-0.2, 0) is 6.42 Å². The molecule has 2 nitrogen and oxygen atoms in total. The second-order valence-corrected chi connectivity index (χ2v) is 4.71. The van der Waals surface area contributed by atoms with E-state index in [1.165, 1.54) is 0 Å². The largest absolute Gasteiger partial charge is 0.489 e. The van der Waals surface area contributed by atoms with Crippen LogP contribution in [0.5, 0.6) is 5.75 Å². The van der Waals surface area contributed by atoms with Crippen molar-refractivity contribution in [2.24, 2.45) is 5.73 Å². The van der Waals surface area contributed by atoms with Gasteiger partial charge in [-0.15, -0.1) is 0 Å². The van der Waals surface area contributed by atoms with Crippen molar-refractivity contribution in [3.05, 3.63) is 28.8 Å². The molecule has 0 heterocycles. The third-order valence-corrected chi connectivity index (χ3v) is 2.68. The maximum absolute atomic E-state index is 6.13. The van der Waals surface area contributed by atoms with Gasteiger partial charge in [0.05, 0.1) is 11.1 Å². The van der Waals surface area contributed by atoms with Crippen molar-refractivity contribution in [1.29, 1.82) is 0 Å². The summed E-state index contributed by atoms with van der Waals surface area (Å²) in [7, 11) is 0. The molecule has 90 valence electrons. The fourth-order valence-corrected chi connectivity index (χ4v) is 1.72. The van der Waals surface area contributed by atoms with Crippen molar-refractivity contribution >= 4 is 11.6 Å². The normalized spacial score (nSPS) is 12.9. The van der Waals surface area contributed by atoms with Gasteiger partial charge in [-0.2, -0.15) is 0 Å². The number of rotatable bonds is 5. The molecule has 1 aromatic rings. The predicted molar refractivity (Wildman–Crippen MR) is 69.2 cm³/mol. The van der Waals surface area contributed by atoms with E-state index in [4.69, 9.17) is 22.1 Å². The molecule has 1 rings (SSSR count). The number of hydrogen-bond acceptors (Lipinski definition) is 2. The molecule has 1 aromatic carbocycles. The predicted octanol–water partition coefficient (Wildman–Crippen LogP) is 3.41. The quantitative estimate of drug-likeness (QED) is 0.858. The van der Waals surface area contributed by atoms with Crippen LogP contribution in [0.15, 0.2) is 18.2 Å². The summed E-state index contributed by atoms with van der Waals surface area (Å²) in [5.41, 5.74) is 7.06. The third kappa shape index (κ3) is 4.03. The van der Waals surface area contributed by atoms with Gasteiger partial charge in [0.2, 0.25) is 0 Å². The number of halogens is 1. The Balaban J connectivity index is 2.74. The number of benzene rings is 1. The zero-order chi connectivity index (χ0) is 12.1. The van der Waals surface area contributed by atoms with Gasteiger partial charge in [0.1, 0.15) is 5.75 Å². The molecule has 0 aromatic heterocycles. The van der Waals surface area contributed by atoms with Crippen LogP contribution >= 0.6 is 11.6 Å². The monoisotopic (exact) mass is 241 g/mol. The van der Waals surface area contributed by atoms with Crippen molar-refractivity contribution < 1.29 is 4.74 Å². The van der Waals surface area contributed by atoms with E-state index in [2.05, 4.69) is 6.92 Å². The summed E-state index contributed by atoms with van der Waals surface area (Å²) < 4.78 is 5.57. The van der Waals surface area contributed by atoms with Gasteiger partial charge in [-0.3, -0.25) is 0 Å². The van der Waals surface area contributed by atoms with Crippen LogP contribution in [0.2, 0.25) is 5.02 Å². The molecular weight excluding hydrogens is 222 g/mol. The average Bonchev–Trinajstić information content (AvgIpc) is 2.21. The molecule has 0 saturated heterocycles. The Morgan fingerprint density at radius 2 is 2.06 bits per heavy atom. The summed E-state index contributed by atoms with van der Waals surface area (Å²) in [5, 5.41) is 0.662. The fraction of sp³-hybridized carbons (Fsp3) is 0.538. The molecule has 0 aliphatic rings. The first kappa shape index (κ1) is 13.3. The van der Waals surface area contributed by atoms with Crippen LogP contribution < -0.4 is 10.5 Å². The van der Waals surface area contributed by atoms with Crippen molar-refractivity contribution in [3.8, 4) is 5.75 Å². The van der Waals surface area contributed by atoms with Crippen LogP contribution in [0.25, 0.3) is 0 Å². The first-order valence-electron chi connectivity index (χ1n) is 5.73. The summed E-state index contributed by atoms with van der Waals surface area (Å²) in [4.78, 5) is 0. The molecule has 1 unspecified atom stereocenters. The second-order valence-electron chi connectivity index (χ2n) is 4.30. The molecule has 0 aliphatic carbocycles. The van der Waals surface area contributed by atoms with Crippen LogP contribution in [0.4, 0.5) is 0 Å². The Bertz CT molecular complexity index is 339. The van der Waals surface area contributed by atoms with E-state index in [1.54, 1.807) is 0 Å². The van der Waals surface area contributed by atoms with Gasteiger partial charge >= 0.3 is 0 Å². The van der Waals surface area contributed by atoms with E-state index in [0.29, 0.717) is 5.02 Å². The summed E-state index contributed by atoms with van der Waals surface area (Å²) in [6.45, 7) is 6.05. The molecule has 0 saturated carbocycles. The summed E-state index contributed by atoms with van der Waals surface area (Å²) >= 11 is 6.13. The van der Waals surface area contributed by atoms with Gasteiger partial charge in [-0.1, -0.05) is 24.6 Å². The lowest BCUT2D eigenvalue weighted by molar-refractivity contribution is 0.242. The average molecular weight is 242 g/mol. The summed E-state index contributed by atoms with van der Waals surface area (Å²) in [6, 6.07) is 6.08. The molecule has 1 atom stereocenters. The first-order valence-corrected chi connectivity index (χ1v) is 6.11. The lowest BCUT2D eigenvalue weighted by atomic mass is 10.0. The Kier molecular flexibility index (Phi) is 5.10. The highest BCUT2D eigenvalue weighted by Crippen LogP contribution is 2.26. The molecule has 0 fully saturated rings. The van der Waals surface area contributed by atoms with E-state index in [-0.39, 0.29) is 12.1 Å². The van der Waals surface area contributed by atoms with Crippen molar-refractivity contribution in [3.63, 3.8) is 0 Å². The lowest BCUT2D eigenvalue weighted by Crippen LogP contribution is -2.21. The maximum atomic E-state index is 6.13. The van der Waals surface area contributed by atoms with E-state index in [9.17, 15) is 0 Å². The Hall–Kier alpha value is -0.730. The topological polar surface area (TPSA) is 35.2 Å². The Labute approximate surface area is 103 Å². The molecule has 0 spiro atoms. The third-order valence-electron chi connectivity index (χ3n) is 2.38. The van der Waals surface area contributed by atoms with Gasteiger partial charge in [-0.05, 0) is 44.4 Å². The minimum Gasteiger partial charge on any atom is -0.489 e. The minimum absolute atomic E-state index is 0.140. The fourth-order valence-electron chi connectivity index (χ4n) is 1.47. The van der Waals surface area contributed by atoms with Gasteiger partial charge < -0.3 is 10.5 Å². The molecular formula is C13H20ClNO. The van der Waals surface area contributed by atoms with Gasteiger partial charge in [0, 0.05) is 6.04 Å². The number of ether oxygens (including phenoxy) is 1. The molecule has 3 heteroatoms. The second kappa shape index (κ2) is 6.12. The number of nitrogens with two attached hydrogens (primary N) is 1. The summed E-state index contributed by atoms with van der Waals surface area (Å²) in [5.74, 6) is 0.741. The zero-order valence-corrected chi connectivity index (χ0v) is 10.9. The van der Waals surface area contributed by atoms with Crippen LogP contribution in [0, 0.1) is 0 Å². The Morgan fingerprint density at radius 3 is 2.56 bits per heavy atom. The van der Waals surface area contributed by atoms with Crippen LogP contribution in [0.1, 0.15) is 32.8 Å². The lowest BCUT2D eigenvalue weighted by Gasteiger charge is -2.13. The van der Waals surface area contributed by atoms with Crippen LogP contribution in [-0.4, -0.2) is 12.1 Å². The molecule has 0 aliphatic heterocycles. The highest BCUT2D eigenvalue weighted by Gasteiger charge is 2.07. The molecule has 0 radical (unpaired) electrons. The Morgan fingerprint density at radius 1 is 1.38 bits per heavy atom. The molecule has 16 heavy (non-hydrogen) atoms. The van der Waals surface area contributed by atoms with E-state index in [1.807, 2.05) is 32.0 Å². The van der Waals surface area contributed by atoms with Crippen LogP contribution in [0.3, 0.4) is 0 Å². The smallest absolute Gasteiger partial charge is 0.138 e. The first-order chi connectivity index (χ1) is 7.52. The van der Waals surface area contributed by atoms with Gasteiger partial charge in [0.25, 0.3) is 0 Å². The SMILES string of the molecule is CCC(N)Cc1ccc(OC(C)C)c(Cl)c1. The van der Waals surface area contributed by atoms with Gasteiger partial charge in [0.15, 0.2) is 0 Å². The summed E-state index contributed by atoms with van der Waals surface area (Å²) in [6.07, 6.45) is 1.97. The standard InChI is InChI=1S/C13H20ClNO/c1-4-11(15)7-10-5-6-13(12(14)8-10)16-9(2)3/h5-6,8-9,11H,4,7,15H2,1-3H3. The van der Waals surface area contributed by atoms with Crippen molar-refractivity contribution in [1.82, 2.24) is 0 Å². The van der Waals surface area contributed by atoms with E-state index < -0.39 is 0 Å². The zero-order valence-electron chi connectivity index (χ0n) is 10.2.